The highest BCUT2D eigenvalue weighted by Crippen LogP contribution is 2.15. The Morgan fingerprint density at radius 1 is 0.313 bits per heavy atom. The maximum Gasteiger partial charge on any atom is 0.306 e. The van der Waals surface area contributed by atoms with E-state index >= 15 is 0 Å². The summed E-state index contributed by atoms with van der Waals surface area (Å²) in [4.78, 5) is 38.1. The second-order valence-electron chi connectivity index (χ2n) is 18.8. The van der Waals surface area contributed by atoms with Crippen LogP contribution in [0, 0.1) is 0 Å². The molecule has 1 atom stereocenters. The van der Waals surface area contributed by atoms with E-state index in [1.165, 1.54) is 122 Å². The molecule has 0 bridgehead atoms. The first-order valence-electron chi connectivity index (χ1n) is 28.4. The van der Waals surface area contributed by atoms with E-state index in [9.17, 15) is 14.4 Å². The van der Waals surface area contributed by atoms with Crippen LogP contribution < -0.4 is 0 Å². The molecule has 0 heterocycles. The van der Waals surface area contributed by atoms with Crippen molar-refractivity contribution < 1.29 is 28.6 Å². The standard InChI is InChI=1S/C61H106O6/c1-4-7-10-13-16-19-22-25-26-27-28-29-30-31-32-33-34-37-39-42-45-48-51-54-60(63)66-57-58(67-61(64)55-52-49-46-43-40-36-24-21-18-15-12-9-6-3)56-65-59(62)53-50-47-44-41-38-35-23-20-17-14-11-8-5-2/h9,11-12,14,18,20-21,23,27-28,36,40,58H,4-8,10,13,15-17,19,22,24-26,29-35,37-39,41-57H2,1-3H3/b12-9-,14-11-,21-18-,23-20-,28-27-,40-36-. The van der Waals surface area contributed by atoms with Gasteiger partial charge in [-0.1, -0.05) is 229 Å². The molecule has 0 saturated carbocycles. The van der Waals surface area contributed by atoms with Crippen LogP contribution in [0.1, 0.15) is 278 Å². The Bertz CT molecular complexity index is 1260. The maximum atomic E-state index is 12.8. The highest BCUT2D eigenvalue weighted by atomic mass is 16.6. The zero-order chi connectivity index (χ0) is 48.6. The fourth-order valence-electron chi connectivity index (χ4n) is 7.90. The molecule has 0 fully saturated rings. The van der Waals surface area contributed by atoms with Crippen LogP contribution in [0.2, 0.25) is 0 Å². The highest BCUT2D eigenvalue weighted by molar-refractivity contribution is 5.71. The first-order valence-corrected chi connectivity index (χ1v) is 28.4. The van der Waals surface area contributed by atoms with Gasteiger partial charge in [-0.2, -0.15) is 0 Å². The molecular weight excluding hydrogens is 829 g/mol. The number of carbonyl (C=O) groups excluding carboxylic acids is 3. The maximum absolute atomic E-state index is 12.8. The molecule has 0 aromatic rings. The van der Waals surface area contributed by atoms with Crippen LogP contribution in [-0.4, -0.2) is 37.2 Å². The van der Waals surface area contributed by atoms with Gasteiger partial charge >= 0.3 is 17.9 Å². The second kappa shape index (κ2) is 55.4. The third-order valence-electron chi connectivity index (χ3n) is 12.1. The van der Waals surface area contributed by atoms with Gasteiger partial charge in [-0.05, 0) is 103 Å². The van der Waals surface area contributed by atoms with Gasteiger partial charge < -0.3 is 14.2 Å². The minimum Gasteiger partial charge on any atom is -0.462 e. The molecule has 0 aromatic heterocycles. The quantitative estimate of drug-likeness (QED) is 0.0262. The summed E-state index contributed by atoms with van der Waals surface area (Å²) in [5.74, 6) is -0.932. The van der Waals surface area contributed by atoms with Crippen molar-refractivity contribution >= 4 is 17.9 Å². The van der Waals surface area contributed by atoms with Crippen molar-refractivity contribution in [2.75, 3.05) is 13.2 Å². The van der Waals surface area contributed by atoms with Crippen LogP contribution in [0.5, 0.6) is 0 Å². The molecular formula is C61H106O6. The molecule has 0 aliphatic carbocycles. The lowest BCUT2D eigenvalue weighted by Gasteiger charge is -2.18. The first kappa shape index (κ1) is 63.8. The summed E-state index contributed by atoms with van der Waals surface area (Å²) in [6, 6.07) is 0. The fraction of sp³-hybridized carbons (Fsp3) is 0.754. The molecule has 0 N–H and O–H groups in total. The van der Waals surface area contributed by atoms with Gasteiger partial charge in [0.1, 0.15) is 13.2 Å². The van der Waals surface area contributed by atoms with E-state index < -0.39 is 6.10 Å². The number of rotatable bonds is 51. The molecule has 6 heteroatoms. The molecule has 386 valence electrons. The van der Waals surface area contributed by atoms with Crippen molar-refractivity contribution in [3.8, 4) is 0 Å². The lowest BCUT2D eigenvalue weighted by atomic mass is 10.0. The third kappa shape index (κ3) is 53.7. The number of allylic oxidation sites excluding steroid dienone is 12. The van der Waals surface area contributed by atoms with Gasteiger partial charge in [-0.25, -0.2) is 0 Å². The Labute approximate surface area is 414 Å². The van der Waals surface area contributed by atoms with Crippen molar-refractivity contribution in [3.63, 3.8) is 0 Å². The van der Waals surface area contributed by atoms with Gasteiger partial charge in [0.05, 0.1) is 0 Å². The van der Waals surface area contributed by atoms with Gasteiger partial charge in [0.25, 0.3) is 0 Å². The summed E-state index contributed by atoms with van der Waals surface area (Å²) in [5.41, 5.74) is 0. The molecule has 0 aromatic carbocycles. The molecule has 0 rings (SSSR count). The van der Waals surface area contributed by atoms with Crippen molar-refractivity contribution in [1.29, 1.82) is 0 Å². The van der Waals surface area contributed by atoms with E-state index in [1.54, 1.807) is 0 Å². The van der Waals surface area contributed by atoms with Gasteiger partial charge in [0.2, 0.25) is 0 Å². The van der Waals surface area contributed by atoms with E-state index in [0.29, 0.717) is 19.3 Å². The summed E-state index contributed by atoms with van der Waals surface area (Å²) in [6.07, 6.45) is 70.5. The van der Waals surface area contributed by atoms with Crippen LogP contribution in [0.3, 0.4) is 0 Å². The van der Waals surface area contributed by atoms with Gasteiger partial charge in [-0.3, -0.25) is 14.4 Å². The monoisotopic (exact) mass is 935 g/mol. The van der Waals surface area contributed by atoms with E-state index in [1.807, 2.05) is 0 Å². The molecule has 0 aliphatic rings. The SMILES string of the molecule is CC/C=C\C/C=C\C/C=C\CCCCCC(=O)OC(COC(=O)CCCCCCC/C=C\C/C=C\CCC)COC(=O)CCCCCCCCCCCCC/C=C\CCCCCCCCCC. The van der Waals surface area contributed by atoms with Crippen LogP contribution >= 0.6 is 0 Å². The Kier molecular flexibility index (Phi) is 52.8. The number of hydrogen-bond acceptors (Lipinski definition) is 6. The Morgan fingerprint density at radius 3 is 1.00 bits per heavy atom. The van der Waals surface area contributed by atoms with Crippen molar-refractivity contribution in [2.45, 2.75) is 284 Å². The predicted molar refractivity (Wildman–Crippen MR) is 288 cm³/mol. The minimum atomic E-state index is -0.796. The van der Waals surface area contributed by atoms with Crippen molar-refractivity contribution in [2.24, 2.45) is 0 Å². The number of unbranched alkanes of at least 4 members (excludes halogenated alkanes) is 28. The molecule has 0 aliphatic heterocycles. The lowest BCUT2D eigenvalue weighted by Crippen LogP contribution is -2.30. The van der Waals surface area contributed by atoms with E-state index in [0.717, 1.165) is 116 Å². The van der Waals surface area contributed by atoms with E-state index in [-0.39, 0.29) is 31.1 Å². The molecule has 67 heavy (non-hydrogen) atoms. The number of esters is 3. The summed E-state index contributed by atoms with van der Waals surface area (Å²) in [7, 11) is 0. The summed E-state index contributed by atoms with van der Waals surface area (Å²) < 4.78 is 16.8. The summed E-state index contributed by atoms with van der Waals surface area (Å²) in [6.45, 7) is 6.44. The first-order chi connectivity index (χ1) is 33.0. The van der Waals surface area contributed by atoms with Crippen LogP contribution in [0.15, 0.2) is 72.9 Å². The van der Waals surface area contributed by atoms with Crippen molar-refractivity contribution in [3.05, 3.63) is 72.9 Å². The van der Waals surface area contributed by atoms with E-state index in [2.05, 4.69) is 93.7 Å². The molecule has 0 amide bonds. The molecule has 0 saturated heterocycles. The normalized spacial score (nSPS) is 12.6. The Balaban J connectivity index is 4.30. The number of hydrogen-bond donors (Lipinski definition) is 0. The van der Waals surface area contributed by atoms with E-state index in [4.69, 9.17) is 14.2 Å². The molecule has 1 unspecified atom stereocenters. The van der Waals surface area contributed by atoms with Gasteiger partial charge in [-0.15, -0.1) is 0 Å². The Hall–Kier alpha value is -3.15. The highest BCUT2D eigenvalue weighted by Gasteiger charge is 2.19. The fourth-order valence-corrected chi connectivity index (χ4v) is 7.90. The number of carbonyl (C=O) groups is 3. The predicted octanol–water partition coefficient (Wildman–Crippen LogP) is 19.0. The topological polar surface area (TPSA) is 78.9 Å². The second-order valence-corrected chi connectivity index (χ2v) is 18.8. The smallest absolute Gasteiger partial charge is 0.306 e. The zero-order valence-electron chi connectivity index (χ0n) is 44.2. The minimum absolute atomic E-state index is 0.0917. The van der Waals surface area contributed by atoms with Gasteiger partial charge in [0.15, 0.2) is 6.10 Å². The summed E-state index contributed by atoms with van der Waals surface area (Å²) >= 11 is 0. The van der Waals surface area contributed by atoms with Crippen LogP contribution in [-0.2, 0) is 28.6 Å². The van der Waals surface area contributed by atoms with Crippen LogP contribution in [0.25, 0.3) is 0 Å². The molecule has 0 spiro atoms. The average molecular weight is 936 g/mol. The number of ether oxygens (including phenoxy) is 3. The molecule has 6 nitrogen and oxygen atoms in total. The van der Waals surface area contributed by atoms with Gasteiger partial charge in [0, 0.05) is 19.3 Å². The summed E-state index contributed by atoms with van der Waals surface area (Å²) in [5, 5.41) is 0. The molecule has 0 radical (unpaired) electrons. The van der Waals surface area contributed by atoms with Crippen molar-refractivity contribution in [1.82, 2.24) is 0 Å². The third-order valence-corrected chi connectivity index (χ3v) is 12.1. The zero-order valence-corrected chi connectivity index (χ0v) is 44.2. The van der Waals surface area contributed by atoms with Crippen LogP contribution in [0.4, 0.5) is 0 Å². The largest absolute Gasteiger partial charge is 0.462 e. The lowest BCUT2D eigenvalue weighted by molar-refractivity contribution is -0.167. The Morgan fingerprint density at radius 2 is 0.612 bits per heavy atom. The average Bonchev–Trinajstić information content (AvgIpc) is 3.33.